The maximum atomic E-state index is 12.8. The second-order valence-corrected chi connectivity index (χ2v) is 8.61. The number of aromatic nitrogens is 2. The number of carbonyl (C=O) groups is 2. The molecule has 1 aliphatic rings. The van der Waals surface area contributed by atoms with Gasteiger partial charge in [0.2, 0.25) is 5.91 Å². The minimum absolute atomic E-state index is 0.199. The number of halogens is 1. The largest absolute Gasteiger partial charge is 0.352 e. The van der Waals surface area contributed by atoms with E-state index < -0.39 is 0 Å². The Kier molecular flexibility index (Phi) is 7.43. The van der Waals surface area contributed by atoms with Crippen molar-refractivity contribution in [1.82, 2.24) is 19.8 Å². The maximum Gasteiger partial charge on any atom is 0.252 e. The van der Waals surface area contributed by atoms with Crippen molar-refractivity contribution in [3.05, 3.63) is 64.9 Å². The van der Waals surface area contributed by atoms with Gasteiger partial charge in [0, 0.05) is 39.0 Å². The zero-order valence-electron chi connectivity index (χ0n) is 18.2. The summed E-state index contributed by atoms with van der Waals surface area (Å²) >= 11 is 6.13. The van der Waals surface area contributed by atoms with Gasteiger partial charge in [0.15, 0.2) is 0 Å². The SMILES string of the molecule is O=C(NCCc1nc2ccccc2n1CCC(=O)N1CCCCCC1)c1ccccc1Cl. The standard InChI is InChI=1S/C25H29ClN4O2/c26-20-10-4-3-9-19(20)25(32)27-15-13-23-28-21-11-5-6-12-22(21)30(23)18-14-24(31)29-16-7-1-2-8-17-29/h3-6,9-12H,1-2,7-8,13-18H2,(H,27,32). The minimum atomic E-state index is -0.199. The summed E-state index contributed by atoms with van der Waals surface area (Å²) in [4.78, 5) is 32.0. The van der Waals surface area contributed by atoms with E-state index in [-0.39, 0.29) is 11.8 Å². The van der Waals surface area contributed by atoms with Crippen LogP contribution in [0.25, 0.3) is 11.0 Å². The highest BCUT2D eigenvalue weighted by atomic mass is 35.5. The van der Waals surface area contributed by atoms with Gasteiger partial charge in [0.25, 0.3) is 5.91 Å². The van der Waals surface area contributed by atoms with E-state index in [4.69, 9.17) is 16.6 Å². The molecular weight excluding hydrogens is 424 g/mol. The van der Waals surface area contributed by atoms with Crippen LogP contribution in [0.1, 0.15) is 48.3 Å². The van der Waals surface area contributed by atoms with Gasteiger partial charge in [-0.2, -0.15) is 0 Å². The molecule has 4 rings (SSSR count). The quantitative estimate of drug-likeness (QED) is 0.575. The first-order valence-corrected chi connectivity index (χ1v) is 11.8. The van der Waals surface area contributed by atoms with Crippen LogP contribution >= 0.6 is 11.6 Å². The van der Waals surface area contributed by atoms with Gasteiger partial charge in [-0.25, -0.2) is 4.98 Å². The van der Waals surface area contributed by atoms with Gasteiger partial charge in [-0.3, -0.25) is 9.59 Å². The number of aryl methyl sites for hydroxylation is 1. The molecule has 1 saturated heterocycles. The number of rotatable bonds is 7. The summed E-state index contributed by atoms with van der Waals surface area (Å²) < 4.78 is 2.12. The van der Waals surface area contributed by atoms with E-state index in [2.05, 4.69) is 9.88 Å². The number of hydrogen-bond donors (Lipinski definition) is 1. The van der Waals surface area contributed by atoms with Gasteiger partial charge >= 0.3 is 0 Å². The van der Waals surface area contributed by atoms with E-state index in [1.807, 2.05) is 29.2 Å². The number of para-hydroxylation sites is 2. The van der Waals surface area contributed by atoms with E-state index in [9.17, 15) is 9.59 Å². The van der Waals surface area contributed by atoms with E-state index >= 15 is 0 Å². The Labute approximate surface area is 193 Å². The van der Waals surface area contributed by atoms with E-state index in [1.54, 1.807) is 24.3 Å². The first-order chi connectivity index (χ1) is 15.6. The molecule has 0 spiro atoms. The van der Waals surface area contributed by atoms with Crippen LogP contribution in [0.2, 0.25) is 5.02 Å². The lowest BCUT2D eigenvalue weighted by Gasteiger charge is -2.20. The fraction of sp³-hybridized carbons (Fsp3) is 0.400. The van der Waals surface area contributed by atoms with Crippen molar-refractivity contribution >= 4 is 34.4 Å². The van der Waals surface area contributed by atoms with Crippen LogP contribution in [0.5, 0.6) is 0 Å². The summed E-state index contributed by atoms with van der Waals surface area (Å²) in [7, 11) is 0. The van der Waals surface area contributed by atoms with Crippen molar-refractivity contribution in [3.63, 3.8) is 0 Å². The number of imidazole rings is 1. The third kappa shape index (κ3) is 5.30. The lowest BCUT2D eigenvalue weighted by atomic mass is 10.2. The number of fused-ring (bicyclic) bond motifs is 1. The van der Waals surface area contributed by atoms with Gasteiger partial charge in [0.05, 0.1) is 21.6 Å². The lowest BCUT2D eigenvalue weighted by Crippen LogP contribution is -2.32. The molecule has 0 bridgehead atoms. The van der Waals surface area contributed by atoms with Crippen molar-refractivity contribution in [2.24, 2.45) is 0 Å². The molecule has 1 aliphatic heterocycles. The third-order valence-electron chi connectivity index (χ3n) is 5.99. The monoisotopic (exact) mass is 452 g/mol. The molecule has 1 fully saturated rings. The molecule has 3 aromatic rings. The van der Waals surface area contributed by atoms with Crippen molar-refractivity contribution in [2.75, 3.05) is 19.6 Å². The molecule has 0 radical (unpaired) electrons. The van der Waals surface area contributed by atoms with Gasteiger partial charge < -0.3 is 14.8 Å². The molecule has 32 heavy (non-hydrogen) atoms. The van der Waals surface area contributed by atoms with Crippen LogP contribution < -0.4 is 5.32 Å². The van der Waals surface area contributed by atoms with Crippen LogP contribution in [-0.4, -0.2) is 45.9 Å². The van der Waals surface area contributed by atoms with Crippen molar-refractivity contribution in [2.45, 2.75) is 45.1 Å². The maximum absolute atomic E-state index is 12.8. The highest BCUT2D eigenvalue weighted by Gasteiger charge is 2.17. The molecule has 0 saturated carbocycles. The number of nitrogens with one attached hydrogen (secondary N) is 1. The van der Waals surface area contributed by atoms with Crippen LogP contribution in [0.15, 0.2) is 48.5 Å². The summed E-state index contributed by atoms with van der Waals surface area (Å²) in [5.74, 6) is 0.881. The Morgan fingerprint density at radius 1 is 0.969 bits per heavy atom. The highest BCUT2D eigenvalue weighted by Crippen LogP contribution is 2.19. The predicted octanol–water partition coefficient (Wildman–Crippen LogP) is 4.45. The molecule has 1 N–H and O–H groups in total. The minimum Gasteiger partial charge on any atom is -0.352 e. The Morgan fingerprint density at radius 2 is 1.69 bits per heavy atom. The fourth-order valence-corrected chi connectivity index (χ4v) is 4.50. The zero-order valence-corrected chi connectivity index (χ0v) is 19.0. The molecule has 2 heterocycles. The second-order valence-electron chi connectivity index (χ2n) is 8.20. The van der Waals surface area contributed by atoms with Gasteiger partial charge in [-0.05, 0) is 37.1 Å². The van der Waals surface area contributed by atoms with Crippen LogP contribution in [-0.2, 0) is 17.8 Å². The molecule has 7 heteroatoms. The van der Waals surface area contributed by atoms with E-state index in [0.717, 1.165) is 42.8 Å². The topological polar surface area (TPSA) is 67.2 Å². The summed E-state index contributed by atoms with van der Waals surface area (Å²) in [5.41, 5.74) is 2.39. The molecule has 0 unspecified atom stereocenters. The number of amides is 2. The summed E-state index contributed by atoms with van der Waals surface area (Å²) in [6.07, 6.45) is 5.63. The molecule has 1 aromatic heterocycles. The van der Waals surface area contributed by atoms with Gasteiger partial charge in [-0.15, -0.1) is 0 Å². The highest BCUT2D eigenvalue weighted by molar-refractivity contribution is 6.33. The Morgan fingerprint density at radius 3 is 2.47 bits per heavy atom. The van der Waals surface area contributed by atoms with Crippen LogP contribution in [0.3, 0.4) is 0 Å². The number of likely N-dealkylation sites (tertiary alicyclic amines) is 1. The third-order valence-corrected chi connectivity index (χ3v) is 6.32. The number of nitrogens with zero attached hydrogens (tertiary/aromatic N) is 3. The van der Waals surface area contributed by atoms with Crippen LogP contribution in [0, 0.1) is 0 Å². The molecule has 0 atom stereocenters. The molecule has 2 amide bonds. The predicted molar refractivity (Wildman–Crippen MR) is 127 cm³/mol. The first kappa shape index (κ1) is 22.3. The average molecular weight is 453 g/mol. The number of hydrogen-bond acceptors (Lipinski definition) is 3. The Hall–Kier alpha value is -2.86. The van der Waals surface area contributed by atoms with Crippen molar-refractivity contribution in [1.29, 1.82) is 0 Å². The first-order valence-electron chi connectivity index (χ1n) is 11.4. The van der Waals surface area contributed by atoms with Gasteiger partial charge in [0.1, 0.15) is 5.82 Å². The fourth-order valence-electron chi connectivity index (χ4n) is 4.28. The lowest BCUT2D eigenvalue weighted by molar-refractivity contribution is -0.131. The molecule has 6 nitrogen and oxygen atoms in total. The summed E-state index contributed by atoms with van der Waals surface area (Å²) in [6.45, 7) is 2.76. The number of carbonyl (C=O) groups excluding carboxylic acids is 2. The molecule has 2 aromatic carbocycles. The Balaban J connectivity index is 1.42. The van der Waals surface area contributed by atoms with Crippen LogP contribution in [0.4, 0.5) is 0 Å². The van der Waals surface area contributed by atoms with Gasteiger partial charge in [-0.1, -0.05) is 48.7 Å². The molecule has 0 aliphatic carbocycles. The average Bonchev–Trinajstić information content (AvgIpc) is 2.96. The molecule has 168 valence electrons. The zero-order chi connectivity index (χ0) is 22.3. The molecular formula is C25H29ClN4O2. The summed E-state index contributed by atoms with van der Waals surface area (Å²) in [5, 5.41) is 3.37. The number of benzene rings is 2. The smallest absolute Gasteiger partial charge is 0.252 e. The Bertz CT molecular complexity index is 1090. The normalized spacial score (nSPS) is 14.3. The second kappa shape index (κ2) is 10.6. The van der Waals surface area contributed by atoms with E-state index in [1.165, 1.54) is 12.8 Å². The van der Waals surface area contributed by atoms with E-state index in [0.29, 0.717) is 36.5 Å². The van der Waals surface area contributed by atoms with Crippen molar-refractivity contribution in [3.8, 4) is 0 Å². The van der Waals surface area contributed by atoms with Crippen molar-refractivity contribution < 1.29 is 9.59 Å². The summed E-state index contributed by atoms with van der Waals surface area (Å²) in [6, 6.07) is 15.0.